The molecule has 1 aromatic carbocycles. The summed E-state index contributed by atoms with van der Waals surface area (Å²) in [5.74, 6) is -6.14. The van der Waals surface area contributed by atoms with Crippen LogP contribution in [0.2, 0.25) is 0 Å². The first-order valence-electron chi connectivity index (χ1n) is 9.62. The minimum absolute atomic E-state index is 0.0948. The van der Waals surface area contributed by atoms with Crippen molar-refractivity contribution in [3.8, 4) is 0 Å². The molecule has 1 aromatic heterocycles. The standard InChI is InChI=1S/C19H19F4N5O2/c1-2-19(22,23)13-5-6-14-25-16(27-28(13)14)18(30)24-12-4-3-9-7-10(20)8-11(21)15(9)26-17(12)29/h7-8,12-13H,2-6H2,1H3,(H,24,30)(H,26,29)/t12-,13+/m0/s1. The van der Waals surface area contributed by atoms with Gasteiger partial charge < -0.3 is 10.6 Å². The number of fused-ring (bicyclic) bond motifs is 2. The number of nitrogens with zero attached hydrogens (tertiary/aromatic N) is 3. The topological polar surface area (TPSA) is 88.9 Å². The number of alkyl halides is 2. The van der Waals surface area contributed by atoms with Crippen LogP contribution >= 0.6 is 0 Å². The molecule has 0 saturated heterocycles. The fourth-order valence-corrected chi connectivity index (χ4v) is 3.85. The summed E-state index contributed by atoms with van der Waals surface area (Å²) >= 11 is 0. The van der Waals surface area contributed by atoms with Crippen molar-refractivity contribution in [2.75, 3.05) is 5.32 Å². The molecule has 2 N–H and O–H groups in total. The summed E-state index contributed by atoms with van der Waals surface area (Å²) in [7, 11) is 0. The van der Waals surface area contributed by atoms with Crippen molar-refractivity contribution in [2.24, 2.45) is 0 Å². The first kappa shape index (κ1) is 20.3. The van der Waals surface area contributed by atoms with E-state index in [4.69, 9.17) is 0 Å². The number of benzene rings is 1. The van der Waals surface area contributed by atoms with E-state index in [-0.39, 0.29) is 55.0 Å². The molecule has 0 fully saturated rings. The fraction of sp³-hybridized carbons (Fsp3) is 0.474. The third-order valence-electron chi connectivity index (χ3n) is 5.51. The highest BCUT2D eigenvalue weighted by atomic mass is 19.3. The molecule has 2 aromatic rings. The van der Waals surface area contributed by atoms with Gasteiger partial charge in [0.1, 0.15) is 29.5 Å². The van der Waals surface area contributed by atoms with Gasteiger partial charge >= 0.3 is 0 Å². The van der Waals surface area contributed by atoms with Crippen molar-refractivity contribution in [1.29, 1.82) is 0 Å². The Kier molecular flexibility index (Phi) is 4.99. The van der Waals surface area contributed by atoms with Gasteiger partial charge in [-0.15, -0.1) is 5.10 Å². The molecule has 0 radical (unpaired) electrons. The van der Waals surface area contributed by atoms with Gasteiger partial charge in [0.15, 0.2) is 0 Å². The Hall–Kier alpha value is -2.98. The van der Waals surface area contributed by atoms with Crippen LogP contribution in [0, 0.1) is 11.6 Å². The zero-order valence-corrected chi connectivity index (χ0v) is 16.0. The highest BCUT2D eigenvalue weighted by Crippen LogP contribution is 2.39. The van der Waals surface area contributed by atoms with Crippen molar-refractivity contribution in [3.05, 3.63) is 41.0 Å². The van der Waals surface area contributed by atoms with Crippen molar-refractivity contribution in [1.82, 2.24) is 20.1 Å². The van der Waals surface area contributed by atoms with E-state index in [1.165, 1.54) is 6.92 Å². The Morgan fingerprint density at radius 1 is 1.30 bits per heavy atom. The number of halogens is 4. The molecule has 2 amide bonds. The molecule has 7 nitrogen and oxygen atoms in total. The molecule has 2 aliphatic rings. The Bertz CT molecular complexity index is 1020. The average Bonchev–Trinajstić information content (AvgIpc) is 3.23. The summed E-state index contributed by atoms with van der Waals surface area (Å²) in [6.07, 6.45) is 0.329. The molecule has 30 heavy (non-hydrogen) atoms. The molecule has 4 rings (SSSR count). The number of carbonyl (C=O) groups is 2. The van der Waals surface area contributed by atoms with E-state index in [0.717, 1.165) is 10.7 Å². The van der Waals surface area contributed by atoms with Gasteiger partial charge in [0.25, 0.3) is 11.8 Å². The van der Waals surface area contributed by atoms with Crippen LogP contribution in [0.25, 0.3) is 0 Å². The smallest absolute Gasteiger partial charge is 0.291 e. The van der Waals surface area contributed by atoms with Crippen molar-refractivity contribution < 1.29 is 27.2 Å². The molecule has 11 heteroatoms. The monoisotopic (exact) mass is 425 g/mol. The molecular weight excluding hydrogens is 406 g/mol. The van der Waals surface area contributed by atoms with Crippen LogP contribution in [0.15, 0.2) is 12.1 Å². The Balaban J connectivity index is 1.50. The summed E-state index contributed by atoms with van der Waals surface area (Å²) in [5.41, 5.74) is 0.156. The summed E-state index contributed by atoms with van der Waals surface area (Å²) in [5, 5.41) is 8.75. The second-order valence-corrected chi connectivity index (χ2v) is 7.44. The molecule has 0 saturated carbocycles. The SMILES string of the molecule is CCC(F)(F)[C@H]1CCc2nc(C(=O)N[C@H]3CCc4cc(F)cc(F)c4NC3=O)nn21. The molecule has 0 aliphatic carbocycles. The number of hydrogen-bond acceptors (Lipinski definition) is 4. The fourth-order valence-electron chi connectivity index (χ4n) is 3.85. The maximum absolute atomic E-state index is 14.1. The van der Waals surface area contributed by atoms with E-state index in [1.54, 1.807) is 0 Å². The lowest BCUT2D eigenvalue weighted by molar-refractivity contribution is -0.118. The van der Waals surface area contributed by atoms with Gasteiger partial charge in [-0.1, -0.05) is 6.92 Å². The average molecular weight is 425 g/mol. The van der Waals surface area contributed by atoms with E-state index in [2.05, 4.69) is 20.7 Å². The number of rotatable bonds is 4. The van der Waals surface area contributed by atoms with Gasteiger partial charge in [-0.25, -0.2) is 27.2 Å². The maximum Gasteiger partial charge on any atom is 0.291 e. The van der Waals surface area contributed by atoms with Crippen LogP contribution in [-0.4, -0.2) is 38.5 Å². The van der Waals surface area contributed by atoms with E-state index < -0.39 is 41.5 Å². The van der Waals surface area contributed by atoms with E-state index >= 15 is 0 Å². The van der Waals surface area contributed by atoms with Gasteiger partial charge in [-0.3, -0.25) is 9.59 Å². The molecule has 2 aliphatic heterocycles. The van der Waals surface area contributed by atoms with Gasteiger partial charge in [0.2, 0.25) is 11.7 Å². The molecule has 0 spiro atoms. The number of hydrogen-bond donors (Lipinski definition) is 2. The van der Waals surface area contributed by atoms with Crippen LogP contribution in [0.5, 0.6) is 0 Å². The van der Waals surface area contributed by atoms with Crippen molar-refractivity contribution in [3.63, 3.8) is 0 Å². The maximum atomic E-state index is 14.1. The zero-order chi connectivity index (χ0) is 21.6. The lowest BCUT2D eigenvalue weighted by atomic mass is 10.1. The molecule has 0 unspecified atom stereocenters. The highest BCUT2D eigenvalue weighted by Gasteiger charge is 2.44. The summed E-state index contributed by atoms with van der Waals surface area (Å²) in [6.45, 7) is 1.37. The highest BCUT2D eigenvalue weighted by molar-refractivity contribution is 6.00. The number of nitrogens with one attached hydrogen (secondary N) is 2. The van der Waals surface area contributed by atoms with E-state index in [1.807, 2.05) is 0 Å². The van der Waals surface area contributed by atoms with Crippen molar-refractivity contribution >= 4 is 17.5 Å². The predicted octanol–water partition coefficient (Wildman–Crippen LogP) is 2.77. The number of anilines is 1. The largest absolute Gasteiger partial charge is 0.337 e. The molecular formula is C19H19F4N5O2. The van der Waals surface area contributed by atoms with Crippen LogP contribution in [0.4, 0.5) is 23.2 Å². The first-order chi connectivity index (χ1) is 14.2. The van der Waals surface area contributed by atoms with Crippen LogP contribution < -0.4 is 10.6 Å². The van der Waals surface area contributed by atoms with E-state index in [0.29, 0.717) is 6.07 Å². The minimum Gasteiger partial charge on any atom is -0.337 e. The second kappa shape index (κ2) is 7.37. The minimum atomic E-state index is -2.97. The van der Waals surface area contributed by atoms with Crippen LogP contribution in [0.1, 0.15) is 54.2 Å². The number of aryl methyl sites for hydroxylation is 2. The third-order valence-corrected chi connectivity index (χ3v) is 5.51. The van der Waals surface area contributed by atoms with Crippen LogP contribution in [0.3, 0.4) is 0 Å². The van der Waals surface area contributed by atoms with Crippen LogP contribution in [-0.2, 0) is 17.6 Å². The first-order valence-corrected chi connectivity index (χ1v) is 9.62. The molecule has 2 atom stereocenters. The molecule has 0 bridgehead atoms. The van der Waals surface area contributed by atoms with Gasteiger partial charge in [0.05, 0.1) is 5.69 Å². The summed E-state index contributed by atoms with van der Waals surface area (Å²) in [6, 6.07) is -0.422. The predicted molar refractivity (Wildman–Crippen MR) is 97.2 cm³/mol. The van der Waals surface area contributed by atoms with Crippen molar-refractivity contribution in [2.45, 2.75) is 57.0 Å². The number of carbonyl (C=O) groups excluding carboxylic acids is 2. The van der Waals surface area contributed by atoms with E-state index in [9.17, 15) is 27.2 Å². The zero-order valence-electron chi connectivity index (χ0n) is 16.0. The Labute approximate surface area is 168 Å². The Morgan fingerprint density at radius 3 is 2.80 bits per heavy atom. The number of amides is 2. The lowest BCUT2D eigenvalue weighted by Gasteiger charge is -2.22. The molecule has 3 heterocycles. The van der Waals surface area contributed by atoms with Gasteiger partial charge in [0, 0.05) is 18.9 Å². The lowest BCUT2D eigenvalue weighted by Crippen LogP contribution is -2.43. The molecule has 160 valence electrons. The van der Waals surface area contributed by atoms with Gasteiger partial charge in [-0.2, -0.15) is 0 Å². The Morgan fingerprint density at radius 2 is 2.07 bits per heavy atom. The summed E-state index contributed by atoms with van der Waals surface area (Å²) in [4.78, 5) is 29.0. The normalized spacial score (nSPS) is 20.9. The number of aromatic nitrogens is 3. The quantitative estimate of drug-likeness (QED) is 0.738. The second-order valence-electron chi connectivity index (χ2n) is 7.44. The summed E-state index contributed by atoms with van der Waals surface area (Å²) < 4.78 is 56.7. The van der Waals surface area contributed by atoms with Gasteiger partial charge in [-0.05, 0) is 30.9 Å². The third kappa shape index (κ3) is 3.52.